The first-order valence-electron chi connectivity index (χ1n) is 7.28. The number of alkyl halides is 2. The average Bonchev–Trinajstić information content (AvgIpc) is 2.81. The molecule has 0 bridgehead atoms. The van der Waals surface area contributed by atoms with Crippen LogP contribution < -0.4 is 0 Å². The number of pyridine rings is 1. The van der Waals surface area contributed by atoms with E-state index in [9.17, 15) is 8.78 Å². The molecule has 0 unspecified atom stereocenters. The molecule has 0 spiro atoms. The lowest BCUT2D eigenvalue weighted by Gasteiger charge is -2.11. The molecule has 0 aliphatic heterocycles. The van der Waals surface area contributed by atoms with Crippen LogP contribution in [0.5, 0.6) is 0 Å². The maximum Gasteiger partial charge on any atom is 0.287 e. The number of aromatic nitrogens is 3. The van der Waals surface area contributed by atoms with E-state index < -0.39 is 5.92 Å². The zero-order valence-corrected chi connectivity index (χ0v) is 13.3. The third-order valence-corrected chi connectivity index (χ3v) is 3.74. The molecule has 1 aromatic carbocycles. The molecule has 0 atom stereocenters. The summed E-state index contributed by atoms with van der Waals surface area (Å²) in [4.78, 5) is 8.54. The zero-order chi connectivity index (χ0) is 16.8. The molecule has 0 saturated carbocycles. The van der Waals surface area contributed by atoms with Gasteiger partial charge in [-0.1, -0.05) is 24.3 Å². The van der Waals surface area contributed by atoms with Crippen molar-refractivity contribution in [2.45, 2.75) is 26.7 Å². The lowest BCUT2D eigenvalue weighted by molar-refractivity contribution is 0.0130. The molecule has 0 amide bonds. The molecule has 0 saturated heterocycles. The first-order chi connectivity index (χ1) is 10.8. The molecule has 0 radical (unpaired) electrons. The largest absolute Gasteiger partial charge is 0.287 e. The van der Waals surface area contributed by atoms with Gasteiger partial charge in [0.05, 0.1) is 0 Å². The predicted octanol–water partition coefficient (Wildman–Crippen LogP) is 4.87. The molecule has 0 N–H and O–H groups in total. The second kappa shape index (κ2) is 5.26. The van der Waals surface area contributed by atoms with E-state index in [-0.39, 0.29) is 5.69 Å². The Balaban J connectivity index is 2.19. The fourth-order valence-electron chi connectivity index (χ4n) is 2.52. The van der Waals surface area contributed by atoms with Gasteiger partial charge in [-0.3, -0.25) is 4.57 Å². The molecule has 2 heterocycles. The molecule has 0 aliphatic rings. The number of hydrogen-bond acceptors (Lipinski definition) is 2. The van der Waals surface area contributed by atoms with Gasteiger partial charge in [-0.25, -0.2) is 9.97 Å². The molecular formula is C18H17F2N3. The fraction of sp³-hybridized carbons (Fsp3) is 0.222. The van der Waals surface area contributed by atoms with Gasteiger partial charge in [-0.2, -0.15) is 8.78 Å². The van der Waals surface area contributed by atoms with Crippen molar-refractivity contribution < 1.29 is 8.78 Å². The Morgan fingerprint density at radius 3 is 2.30 bits per heavy atom. The summed E-state index contributed by atoms with van der Waals surface area (Å²) in [5, 5.41) is 0. The maximum absolute atomic E-state index is 13.6. The molecule has 118 valence electrons. The molecule has 3 rings (SSSR count). The Bertz CT molecular complexity index is 887. The number of nitrogens with zero attached hydrogens (tertiary/aromatic N) is 3. The van der Waals surface area contributed by atoms with Crippen molar-refractivity contribution in [3.8, 4) is 5.69 Å². The Morgan fingerprint density at radius 2 is 1.74 bits per heavy atom. The van der Waals surface area contributed by atoms with Crippen LogP contribution in [0.1, 0.15) is 30.9 Å². The van der Waals surface area contributed by atoms with E-state index in [0.29, 0.717) is 17.0 Å². The first kappa shape index (κ1) is 15.3. The number of hydrogen-bond donors (Lipinski definition) is 0. The van der Waals surface area contributed by atoms with Gasteiger partial charge in [0.15, 0.2) is 5.65 Å². The number of imidazole rings is 1. The van der Waals surface area contributed by atoms with Crippen molar-refractivity contribution in [2.24, 2.45) is 0 Å². The van der Waals surface area contributed by atoms with E-state index in [1.165, 1.54) is 6.07 Å². The molecule has 2 aromatic heterocycles. The lowest BCUT2D eigenvalue weighted by atomic mass is 10.1. The first-order valence-corrected chi connectivity index (χ1v) is 7.28. The maximum atomic E-state index is 13.6. The summed E-state index contributed by atoms with van der Waals surface area (Å²) in [6.07, 6.45) is 0. The van der Waals surface area contributed by atoms with Crippen LogP contribution in [-0.2, 0) is 5.92 Å². The number of aryl methyl sites for hydroxylation is 1. The predicted molar refractivity (Wildman–Crippen MR) is 87.9 cm³/mol. The SMILES string of the molecule is C=C(C)c1ccc(-n2c(C)nc3ccc(C(C)(F)F)nc32)cc1. The average molecular weight is 313 g/mol. The van der Waals surface area contributed by atoms with Crippen molar-refractivity contribution in [3.63, 3.8) is 0 Å². The third kappa shape index (κ3) is 2.74. The monoisotopic (exact) mass is 313 g/mol. The highest BCUT2D eigenvalue weighted by atomic mass is 19.3. The van der Waals surface area contributed by atoms with Crippen LogP contribution in [-0.4, -0.2) is 14.5 Å². The van der Waals surface area contributed by atoms with Gasteiger partial charge in [0.25, 0.3) is 5.92 Å². The minimum atomic E-state index is -2.99. The zero-order valence-electron chi connectivity index (χ0n) is 13.3. The Hall–Kier alpha value is -2.56. The standard InChI is InChI=1S/C18H17F2N3/c1-11(2)13-5-7-14(8-6-13)23-12(3)21-15-9-10-16(18(4,19)20)22-17(15)23/h5-10H,1H2,2-4H3. The molecule has 5 heteroatoms. The molecule has 3 aromatic rings. The molecule has 0 aliphatic carbocycles. The van der Waals surface area contributed by atoms with Gasteiger partial charge >= 0.3 is 0 Å². The fourth-order valence-corrected chi connectivity index (χ4v) is 2.52. The van der Waals surface area contributed by atoms with Crippen LogP contribution in [0, 0.1) is 6.92 Å². The van der Waals surface area contributed by atoms with Gasteiger partial charge in [-0.15, -0.1) is 0 Å². The quantitative estimate of drug-likeness (QED) is 0.690. The summed E-state index contributed by atoms with van der Waals surface area (Å²) in [6.45, 7) is 8.52. The highest BCUT2D eigenvalue weighted by molar-refractivity contribution is 5.74. The van der Waals surface area contributed by atoms with Gasteiger partial charge in [0, 0.05) is 12.6 Å². The van der Waals surface area contributed by atoms with Crippen molar-refractivity contribution in [1.82, 2.24) is 14.5 Å². The minimum Gasteiger partial charge on any atom is -0.281 e. The van der Waals surface area contributed by atoms with Crippen LogP contribution in [0.2, 0.25) is 0 Å². The van der Waals surface area contributed by atoms with Gasteiger partial charge < -0.3 is 0 Å². The second-order valence-corrected chi connectivity index (χ2v) is 5.75. The van der Waals surface area contributed by atoms with Crippen molar-refractivity contribution in [1.29, 1.82) is 0 Å². The van der Waals surface area contributed by atoms with Crippen molar-refractivity contribution >= 4 is 16.7 Å². The van der Waals surface area contributed by atoms with Gasteiger partial charge in [0.2, 0.25) is 0 Å². The summed E-state index contributed by atoms with van der Waals surface area (Å²) in [6, 6.07) is 10.6. The Labute approximate surface area is 133 Å². The van der Waals surface area contributed by atoms with Gasteiger partial charge in [0.1, 0.15) is 17.0 Å². The van der Waals surface area contributed by atoms with E-state index in [4.69, 9.17) is 0 Å². The smallest absolute Gasteiger partial charge is 0.281 e. The summed E-state index contributed by atoms with van der Waals surface area (Å²) in [5.41, 5.74) is 3.60. The van der Waals surface area contributed by atoms with Crippen LogP contribution in [0.25, 0.3) is 22.4 Å². The molecule has 23 heavy (non-hydrogen) atoms. The highest BCUT2D eigenvalue weighted by Crippen LogP contribution is 2.28. The third-order valence-electron chi connectivity index (χ3n) is 3.74. The van der Waals surface area contributed by atoms with E-state index in [1.54, 1.807) is 10.6 Å². The highest BCUT2D eigenvalue weighted by Gasteiger charge is 2.27. The molecule has 3 nitrogen and oxygen atoms in total. The Kier molecular flexibility index (Phi) is 3.51. The van der Waals surface area contributed by atoms with E-state index in [2.05, 4.69) is 16.5 Å². The van der Waals surface area contributed by atoms with Crippen LogP contribution >= 0.6 is 0 Å². The summed E-state index contributed by atoms with van der Waals surface area (Å²) in [7, 11) is 0. The van der Waals surface area contributed by atoms with E-state index >= 15 is 0 Å². The number of benzene rings is 1. The number of rotatable bonds is 3. The van der Waals surface area contributed by atoms with Crippen LogP contribution in [0.3, 0.4) is 0 Å². The number of halogens is 2. The topological polar surface area (TPSA) is 30.7 Å². The summed E-state index contributed by atoms with van der Waals surface area (Å²) in [5.74, 6) is -2.28. The number of fused-ring (bicyclic) bond motifs is 1. The Morgan fingerprint density at radius 1 is 1.09 bits per heavy atom. The molecular weight excluding hydrogens is 296 g/mol. The number of allylic oxidation sites excluding steroid dienone is 1. The summed E-state index contributed by atoms with van der Waals surface area (Å²) < 4.78 is 28.9. The van der Waals surface area contributed by atoms with E-state index in [0.717, 1.165) is 23.7 Å². The van der Waals surface area contributed by atoms with Gasteiger partial charge in [-0.05, 0) is 43.7 Å². The molecule has 0 fully saturated rings. The van der Waals surface area contributed by atoms with Crippen molar-refractivity contribution in [2.75, 3.05) is 0 Å². The van der Waals surface area contributed by atoms with Crippen LogP contribution in [0.4, 0.5) is 8.78 Å². The minimum absolute atomic E-state index is 0.260. The second-order valence-electron chi connectivity index (χ2n) is 5.75. The van der Waals surface area contributed by atoms with E-state index in [1.807, 2.05) is 38.1 Å². The van der Waals surface area contributed by atoms with Crippen molar-refractivity contribution in [3.05, 3.63) is 60.1 Å². The summed E-state index contributed by atoms with van der Waals surface area (Å²) >= 11 is 0. The lowest BCUT2D eigenvalue weighted by Crippen LogP contribution is -2.10. The van der Waals surface area contributed by atoms with Crippen LogP contribution in [0.15, 0.2) is 43.0 Å². The normalized spacial score (nSPS) is 11.9.